The molecule has 0 radical (unpaired) electrons. The molecule has 0 amide bonds. The van der Waals surface area contributed by atoms with Crippen LogP contribution in [0, 0.1) is 0 Å². The summed E-state index contributed by atoms with van der Waals surface area (Å²) < 4.78 is 5.19. The third-order valence-electron chi connectivity index (χ3n) is 1.07. The van der Waals surface area contributed by atoms with E-state index in [0.29, 0.717) is 6.23 Å². The predicted molar refractivity (Wildman–Crippen MR) is 49.1 cm³/mol. The van der Waals surface area contributed by atoms with Crippen molar-refractivity contribution >= 4 is 13.9 Å². The van der Waals surface area contributed by atoms with Gasteiger partial charge in [-0.15, -0.1) is 0 Å². The van der Waals surface area contributed by atoms with Crippen LogP contribution in [0.15, 0.2) is 12.3 Å². The molecule has 0 rings (SSSR count). The number of rotatable bonds is 4. The zero-order chi connectivity index (χ0) is 9.07. The van der Waals surface area contributed by atoms with Crippen molar-refractivity contribution in [3.05, 3.63) is 12.3 Å². The molecule has 0 aliphatic rings. The van der Waals surface area contributed by atoms with Crippen LogP contribution in [-0.4, -0.2) is 20.1 Å². The molecule has 64 valence electrons. The minimum absolute atomic E-state index is 0.0803. The maximum atomic E-state index is 10.7. The number of carbonyl (C=O) groups excluding carboxylic acids is 1. The Kier molecular flexibility index (Phi) is 3.52. The Balaban J connectivity index is 3.73. The summed E-state index contributed by atoms with van der Waals surface area (Å²) in [4.78, 5) is 10.7. The summed E-state index contributed by atoms with van der Waals surface area (Å²) >= 11 is 0. The van der Waals surface area contributed by atoms with E-state index in [1.807, 2.05) is 0 Å². The Morgan fingerprint density at radius 3 is 2.18 bits per heavy atom. The van der Waals surface area contributed by atoms with Crippen LogP contribution in [0.25, 0.3) is 0 Å². The second kappa shape index (κ2) is 3.71. The van der Waals surface area contributed by atoms with Crippen molar-refractivity contribution in [1.82, 2.24) is 0 Å². The van der Waals surface area contributed by atoms with E-state index in [9.17, 15) is 4.79 Å². The fourth-order valence-corrected chi connectivity index (χ4v) is 1.01. The van der Waals surface area contributed by atoms with Gasteiger partial charge in [0.25, 0.3) is 0 Å². The van der Waals surface area contributed by atoms with E-state index in [4.69, 9.17) is 4.74 Å². The Morgan fingerprint density at radius 1 is 1.45 bits per heavy atom. The number of hydrogen-bond donors (Lipinski definition) is 0. The van der Waals surface area contributed by atoms with Gasteiger partial charge >= 0.3 is 0 Å². The highest BCUT2D eigenvalue weighted by atomic mass is 28.3. The van der Waals surface area contributed by atoms with Crippen LogP contribution in [0.5, 0.6) is 0 Å². The zero-order valence-corrected chi connectivity index (χ0v) is 8.73. The molecule has 0 saturated carbocycles. The normalized spacial score (nSPS) is 10.9. The molecule has 3 heteroatoms. The van der Waals surface area contributed by atoms with Crippen molar-refractivity contribution in [3.8, 4) is 0 Å². The summed E-state index contributed by atoms with van der Waals surface area (Å²) in [5.41, 5.74) is 0. The van der Waals surface area contributed by atoms with Crippen LogP contribution in [-0.2, 0) is 9.53 Å². The minimum Gasteiger partial charge on any atom is -0.494 e. The first-order valence-electron chi connectivity index (χ1n) is 3.65. The van der Waals surface area contributed by atoms with Crippen molar-refractivity contribution in [2.24, 2.45) is 0 Å². The SMILES string of the molecule is C=C(OC[Si](C)(C)C)C(C)=O. The quantitative estimate of drug-likeness (QED) is 0.368. The first-order valence-corrected chi connectivity index (χ1v) is 7.36. The highest BCUT2D eigenvalue weighted by Gasteiger charge is 2.15. The Morgan fingerprint density at radius 2 is 1.91 bits per heavy atom. The van der Waals surface area contributed by atoms with Crippen LogP contribution < -0.4 is 0 Å². The van der Waals surface area contributed by atoms with E-state index in [2.05, 4.69) is 26.2 Å². The van der Waals surface area contributed by atoms with Gasteiger partial charge in [0.15, 0.2) is 11.5 Å². The molecule has 0 spiro atoms. The van der Waals surface area contributed by atoms with E-state index in [0.717, 1.165) is 0 Å². The molecular formula is C8H16O2Si. The molecule has 11 heavy (non-hydrogen) atoms. The number of hydrogen-bond acceptors (Lipinski definition) is 2. The van der Waals surface area contributed by atoms with Gasteiger partial charge in [-0.1, -0.05) is 26.2 Å². The lowest BCUT2D eigenvalue weighted by molar-refractivity contribution is -0.116. The van der Waals surface area contributed by atoms with Gasteiger partial charge in [-0.25, -0.2) is 0 Å². The molecule has 0 saturated heterocycles. The number of ketones is 1. The molecule has 0 aliphatic heterocycles. The van der Waals surface area contributed by atoms with Gasteiger partial charge in [0.05, 0.1) is 14.3 Å². The third-order valence-corrected chi connectivity index (χ3v) is 2.08. The lowest BCUT2D eigenvalue weighted by Crippen LogP contribution is -2.28. The van der Waals surface area contributed by atoms with Crippen molar-refractivity contribution in [3.63, 3.8) is 0 Å². The molecule has 0 fully saturated rings. The summed E-state index contributed by atoms with van der Waals surface area (Å²) in [5, 5.41) is 0. The number of ether oxygens (including phenoxy) is 1. The standard InChI is InChI=1S/C8H16O2Si/c1-7(9)8(2)10-6-11(3,4)5/h2,6H2,1,3-5H3. The van der Waals surface area contributed by atoms with Crippen molar-refractivity contribution < 1.29 is 9.53 Å². The lowest BCUT2D eigenvalue weighted by Gasteiger charge is -2.16. The van der Waals surface area contributed by atoms with Crippen LogP contribution in [0.2, 0.25) is 19.6 Å². The number of carbonyl (C=O) groups is 1. The monoisotopic (exact) mass is 172 g/mol. The van der Waals surface area contributed by atoms with E-state index in [1.165, 1.54) is 6.92 Å². The average molecular weight is 172 g/mol. The molecule has 0 bridgehead atoms. The third kappa shape index (κ3) is 5.85. The Labute approximate surface area is 69.3 Å². The van der Waals surface area contributed by atoms with Gasteiger partial charge in [0.1, 0.15) is 0 Å². The van der Waals surface area contributed by atoms with Crippen molar-refractivity contribution in [1.29, 1.82) is 0 Å². The van der Waals surface area contributed by atoms with E-state index < -0.39 is 8.07 Å². The van der Waals surface area contributed by atoms with Gasteiger partial charge in [0, 0.05) is 6.92 Å². The van der Waals surface area contributed by atoms with E-state index >= 15 is 0 Å². The summed E-state index contributed by atoms with van der Waals surface area (Å²) in [7, 11) is -1.20. The predicted octanol–water partition coefficient (Wildman–Crippen LogP) is 1.98. The summed E-state index contributed by atoms with van der Waals surface area (Å²) in [6.07, 6.45) is 0.672. The van der Waals surface area contributed by atoms with E-state index in [-0.39, 0.29) is 11.5 Å². The van der Waals surface area contributed by atoms with Crippen LogP contribution >= 0.6 is 0 Å². The summed E-state index contributed by atoms with van der Waals surface area (Å²) in [5.74, 6) is 0.204. The van der Waals surface area contributed by atoms with Crippen molar-refractivity contribution in [2.45, 2.75) is 26.6 Å². The second-order valence-corrected chi connectivity index (χ2v) is 9.24. The number of Topliss-reactive ketones (excluding diaryl/α,β-unsaturated/α-hetero) is 1. The molecule has 0 atom stereocenters. The van der Waals surface area contributed by atoms with Gasteiger partial charge in [-0.3, -0.25) is 4.79 Å². The molecule has 0 aromatic rings. The molecule has 0 heterocycles. The fourth-order valence-electron chi connectivity index (χ4n) is 0.405. The second-order valence-electron chi connectivity index (χ2n) is 3.83. The van der Waals surface area contributed by atoms with Gasteiger partial charge in [-0.2, -0.15) is 0 Å². The fraction of sp³-hybridized carbons (Fsp3) is 0.625. The van der Waals surface area contributed by atoms with Crippen LogP contribution in [0.1, 0.15) is 6.92 Å². The average Bonchev–Trinajstić information content (AvgIpc) is 1.80. The van der Waals surface area contributed by atoms with E-state index in [1.54, 1.807) is 0 Å². The first kappa shape index (κ1) is 10.4. The van der Waals surface area contributed by atoms with Crippen LogP contribution in [0.4, 0.5) is 0 Å². The zero-order valence-electron chi connectivity index (χ0n) is 7.73. The van der Waals surface area contributed by atoms with Gasteiger partial charge < -0.3 is 4.74 Å². The summed E-state index contributed by atoms with van der Waals surface area (Å²) in [6.45, 7) is 11.5. The topological polar surface area (TPSA) is 26.3 Å². The highest BCUT2D eigenvalue weighted by Crippen LogP contribution is 2.04. The van der Waals surface area contributed by atoms with Crippen LogP contribution in [0.3, 0.4) is 0 Å². The lowest BCUT2D eigenvalue weighted by atomic mass is 10.4. The van der Waals surface area contributed by atoms with Gasteiger partial charge in [0.2, 0.25) is 0 Å². The maximum Gasteiger partial charge on any atom is 0.193 e. The molecule has 0 N–H and O–H groups in total. The molecule has 0 aromatic carbocycles. The first-order chi connectivity index (χ1) is 4.83. The van der Waals surface area contributed by atoms with Crippen molar-refractivity contribution in [2.75, 3.05) is 6.23 Å². The minimum atomic E-state index is -1.20. The number of allylic oxidation sites excluding steroid dienone is 1. The molecule has 2 nitrogen and oxygen atoms in total. The van der Waals surface area contributed by atoms with Gasteiger partial charge in [-0.05, 0) is 0 Å². The molecular weight excluding hydrogens is 156 g/mol. The molecule has 0 unspecified atom stereocenters. The highest BCUT2D eigenvalue weighted by molar-refractivity contribution is 6.76. The molecule has 0 aliphatic carbocycles. The molecule has 0 aromatic heterocycles. The maximum absolute atomic E-state index is 10.7. The smallest absolute Gasteiger partial charge is 0.193 e. The summed E-state index contributed by atoms with van der Waals surface area (Å²) in [6, 6.07) is 0. The Hall–Kier alpha value is -0.573. The Bertz CT molecular complexity index is 167. The largest absolute Gasteiger partial charge is 0.494 e.